The van der Waals surface area contributed by atoms with Gasteiger partial charge >= 0.3 is 0 Å². The van der Waals surface area contributed by atoms with E-state index in [4.69, 9.17) is 9.47 Å². The number of carbonyl (C=O) groups excluding carboxylic acids is 1. The van der Waals surface area contributed by atoms with Crippen LogP contribution in [-0.2, 0) is 9.53 Å². The molecule has 1 aliphatic rings. The molecular formula is C13H19N3O3. The van der Waals surface area contributed by atoms with Crippen LogP contribution in [0.4, 0.5) is 5.69 Å². The number of hydrogen-bond acceptors (Lipinski definition) is 5. The summed E-state index contributed by atoms with van der Waals surface area (Å²) in [5, 5.41) is 4.82. The smallest absolute Gasteiger partial charge is 0.239 e. The average Bonchev–Trinajstić information content (AvgIpc) is 2.47. The lowest BCUT2D eigenvalue weighted by Gasteiger charge is -2.26. The summed E-state index contributed by atoms with van der Waals surface area (Å²) in [5.74, 6) is 0.695. The van der Waals surface area contributed by atoms with Crippen LogP contribution in [-0.4, -0.2) is 50.9 Å². The number of rotatable bonds is 5. The van der Waals surface area contributed by atoms with Crippen LogP contribution < -0.4 is 15.5 Å². The topological polar surface area (TPSA) is 62.8 Å². The maximum atomic E-state index is 11.7. The molecule has 0 unspecified atom stereocenters. The maximum Gasteiger partial charge on any atom is 0.239 e. The number of ether oxygens (including phenoxy) is 2. The Morgan fingerprint density at radius 1 is 1.32 bits per heavy atom. The van der Waals surface area contributed by atoms with E-state index < -0.39 is 0 Å². The molecule has 0 radical (unpaired) electrons. The number of hydrogen-bond donors (Lipinski definition) is 2. The first-order valence-electron chi connectivity index (χ1n) is 6.28. The lowest BCUT2D eigenvalue weighted by molar-refractivity contribution is -0.116. The van der Waals surface area contributed by atoms with Gasteiger partial charge in [-0.25, -0.2) is 10.4 Å². The maximum absolute atomic E-state index is 11.7. The minimum Gasteiger partial charge on any atom is -0.497 e. The molecule has 0 saturated carbocycles. The summed E-state index contributed by atoms with van der Waals surface area (Å²) in [6, 6.07) is 7.24. The first-order chi connectivity index (χ1) is 9.28. The molecular weight excluding hydrogens is 246 g/mol. The lowest BCUT2D eigenvalue weighted by Crippen LogP contribution is -2.48. The van der Waals surface area contributed by atoms with Crippen LogP contribution in [0, 0.1) is 0 Å². The summed E-state index contributed by atoms with van der Waals surface area (Å²) in [5.41, 5.74) is 3.84. The van der Waals surface area contributed by atoms with Crippen molar-refractivity contribution in [2.24, 2.45) is 0 Å². The molecule has 1 aromatic rings. The fourth-order valence-electron chi connectivity index (χ4n) is 1.78. The molecule has 1 amide bonds. The summed E-state index contributed by atoms with van der Waals surface area (Å²) >= 11 is 0. The van der Waals surface area contributed by atoms with Gasteiger partial charge in [-0.15, -0.1) is 0 Å². The second kappa shape index (κ2) is 7.08. The van der Waals surface area contributed by atoms with Crippen molar-refractivity contribution in [3.8, 4) is 5.75 Å². The Morgan fingerprint density at radius 2 is 2.00 bits per heavy atom. The first-order valence-corrected chi connectivity index (χ1v) is 6.28. The van der Waals surface area contributed by atoms with Crippen molar-refractivity contribution in [3.63, 3.8) is 0 Å². The van der Waals surface area contributed by atoms with Crippen LogP contribution >= 0.6 is 0 Å². The zero-order valence-electron chi connectivity index (χ0n) is 11.0. The molecule has 0 bridgehead atoms. The molecule has 104 valence electrons. The molecule has 19 heavy (non-hydrogen) atoms. The molecule has 1 saturated heterocycles. The number of benzene rings is 1. The number of hydrazine groups is 1. The van der Waals surface area contributed by atoms with Crippen molar-refractivity contribution in [3.05, 3.63) is 24.3 Å². The van der Waals surface area contributed by atoms with Crippen molar-refractivity contribution < 1.29 is 14.3 Å². The number of nitrogens with one attached hydrogen (secondary N) is 2. The Kier molecular flexibility index (Phi) is 5.14. The van der Waals surface area contributed by atoms with Crippen LogP contribution in [0.3, 0.4) is 0 Å². The van der Waals surface area contributed by atoms with Gasteiger partial charge in [0, 0.05) is 18.8 Å². The number of anilines is 1. The number of nitrogens with zero attached hydrogens (tertiary/aromatic N) is 1. The predicted molar refractivity (Wildman–Crippen MR) is 72.0 cm³/mol. The van der Waals surface area contributed by atoms with Gasteiger partial charge in [0.25, 0.3) is 0 Å². The molecule has 1 heterocycles. The van der Waals surface area contributed by atoms with Crippen LogP contribution in [0.25, 0.3) is 0 Å². The van der Waals surface area contributed by atoms with Crippen molar-refractivity contribution >= 4 is 11.6 Å². The van der Waals surface area contributed by atoms with E-state index in [1.807, 2.05) is 29.3 Å². The standard InChI is InChI=1S/C13H19N3O3/c1-18-12-4-2-11(3-5-12)15-13(17)10-14-16-6-8-19-9-7-16/h2-5,14H,6-10H2,1H3,(H,15,17). The summed E-state index contributed by atoms with van der Waals surface area (Å²) in [7, 11) is 1.61. The highest BCUT2D eigenvalue weighted by Crippen LogP contribution is 2.14. The van der Waals surface area contributed by atoms with Crippen molar-refractivity contribution in [2.75, 3.05) is 45.3 Å². The third-order valence-corrected chi connectivity index (χ3v) is 2.85. The highest BCUT2D eigenvalue weighted by Gasteiger charge is 2.11. The fraction of sp³-hybridized carbons (Fsp3) is 0.462. The molecule has 2 N–H and O–H groups in total. The van der Waals surface area contributed by atoms with Gasteiger partial charge in [-0.2, -0.15) is 0 Å². The SMILES string of the molecule is COc1ccc(NC(=O)CNN2CCOCC2)cc1. The molecule has 0 aliphatic carbocycles. The Morgan fingerprint density at radius 3 is 2.63 bits per heavy atom. The third-order valence-electron chi connectivity index (χ3n) is 2.85. The summed E-state index contributed by atoms with van der Waals surface area (Å²) in [6.07, 6.45) is 0. The highest BCUT2D eigenvalue weighted by molar-refractivity contribution is 5.92. The first kappa shape index (κ1) is 13.8. The summed E-state index contributed by atoms with van der Waals surface area (Å²) in [6.45, 7) is 3.26. The van der Waals surface area contributed by atoms with Gasteiger partial charge < -0.3 is 14.8 Å². The van der Waals surface area contributed by atoms with E-state index in [-0.39, 0.29) is 12.5 Å². The molecule has 1 aliphatic heterocycles. The van der Waals surface area contributed by atoms with Gasteiger partial charge in [0.1, 0.15) is 5.75 Å². The Hall–Kier alpha value is -1.63. The number of carbonyl (C=O) groups is 1. The second-order valence-electron chi connectivity index (χ2n) is 4.21. The van der Waals surface area contributed by atoms with E-state index in [0.29, 0.717) is 13.2 Å². The molecule has 0 spiro atoms. The summed E-state index contributed by atoms with van der Waals surface area (Å²) in [4.78, 5) is 11.7. The van der Waals surface area contributed by atoms with E-state index in [1.165, 1.54) is 0 Å². The molecule has 1 fully saturated rings. The second-order valence-corrected chi connectivity index (χ2v) is 4.21. The molecule has 0 aromatic heterocycles. The molecule has 6 nitrogen and oxygen atoms in total. The van der Waals surface area contributed by atoms with Gasteiger partial charge in [-0.1, -0.05) is 0 Å². The number of morpholine rings is 1. The zero-order valence-corrected chi connectivity index (χ0v) is 11.0. The molecule has 0 atom stereocenters. The monoisotopic (exact) mass is 265 g/mol. The predicted octanol–water partition coefficient (Wildman–Crippen LogP) is 0.471. The average molecular weight is 265 g/mol. The van der Waals surface area contributed by atoms with Crippen molar-refractivity contribution in [2.45, 2.75) is 0 Å². The summed E-state index contributed by atoms with van der Waals surface area (Å²) < 4.78 is 10.3. The normalized spacial score (nSPS) is 16.1. The minimum absolute atomic E-state index is 0.0725. The van der Waals surface area contributed by atoms with Crippen molar-refractivity contribution in [1.82, 2.24) is 10.4 Å². The lowest BCUT2D eigenvalue weighted by atomic mass is 10.3. The quantitative estimate of drug-likeness (QED) is 0.810. The molecule has 6 heteroatoms. The highest BCUT2D eigenvalue weighted by atomic mass is 16.5. The fourth-order valence-corrected chi connectivity index (χ4v) is 1.78. The van der Waals surface area contributed by atoms with E-state index in [1.54, 1.807) is 7.11 Å². The van der Waals surface area contributed by atoms with E-state index in [0.717, 1.165) is 24.5 Å². The molecule has 2 rings (SSSR count). The van der Waals surface area contributed by atoms with Gasteiger partial charge in [-0.05, 0) is 24.3 Å². The number of amides is 1. The van der Waals surface area contributed by atoms with Crippen LogP contribution in [0.5, 0.6) is 5.75 Å². The van der Waals surface area contributed by atoms with E-state index >= 15 is 0 Å². The van der Waals surface area contributed by atoms with Crippen LogP contribution in [0.2, 0.25) is 0 Å². The van der Waals surface area contributed by atoms with Crippen molar-refractivity contribution in [1.29, 1.82) is 0 Å². The Bertz CT molecular complexity index is 402. The number of methoxy groups -OCH3 is 1. The van der Waals surface area contributed by atoms with E-state index in [2.05, 4.69) is 10.7 Å². The van der Waals surface area contributed by atoms with Gasteiger partial charge in [0.05, 0.1) is 26.9 Å². The van der Waals surface area contributed by atoms with Gasteiger partial charge in [-0.3, -0.25) is 4.79 Å². The Labute approximate surface area is 112 Å². The minimum atomic E-state index is -0.0725. The van der Waals surface area contributed by atoms with Crippen LogP contribution in [0.15, 0.2) is 24.3 Å². The van der Waals surface area contributed by atoms with Gasteiger partial charge in [0.2, 0.25) is 5.91 Å². The Balaban J connectivity index is 1.73. The van der Waals surface area contributed by atoms with Crippen LogP contribution in [0.1, 0.15) is 0 Å². The molecule has 1 aromatic carbocycles. The third kappa shape index (κ3) is 4.51. The van der Waals surface area contributed by atoms with Gasteiger partial charge in [0.15, 0.2) is 0 Å². The van der Waals surface area contributed by atoms with E-state index in [9.17, 15) is 4.79 Å². The zero-order chi connectivity index (χ0) is 13.5. The largest absolute Gasteiger partial charge is 0.497 e.